The minimum absolute atomic E-state index is 0.0352. The fourth-order valence-corrected chi connectivity index (χ4v) is 8.72. The molecule has 0 radical (unpaired) electrons. The van der Waals surface area contributed by atoms with Gasteiger partial charge in [0.25, 0.3) is 5.82 Å². The number of phosphoric ester groups is 2. The molecule has 10 atom stereocenters. The van der Waals surface area contributed by atoms with E-state index in [0.717, 1.165) is 0 Å². The number of nitrogens with two attached hydrogens (primary N) is 2. The van der Waals surface area contributed by atoms with Crippen LogP contribution in [0.15, 0.2) is 6.33 Å². The number of phosphoric acid groups is 2. The van der Waals surface area contributed by atoms with Crippen molar-refractivity contribution in [1.82, 2.24) is 14.5 Å². The highest BCUT2D eigenvalue weighted by Gasteiger charge is 2.59. The van der Waals surface area contributed by atoms with Crippen molar-refractivity contribution in [3.8, 4) is 0 Å². The van der Waals surface area contributed by atoms with E-state index in [9.17, 15) is 18.9 Å². The van der Waals surface area contributed by atoms with E-state index in [0.29, 0.717) is 17.6 Å². The summed E-state index contributed by atoms with van der Waals surface area (Å²) in [6.45, 7) is 5.96. The topological polar surface area (TPSA) is 235 Å². The number of aromatic nitrogens is 4. The molecule has 6 N–H and O–H groups in total. The summed E-state index contributed by atoms with van der Waals surface area (Å²) < 4.78 is 74.1. The summed E-state index contributed by atoms with van der Waals surface area (Å²) in [5.74, 6) is -2.22. The Kier molecular flexibility index (Phi) is 6.45. The van der Waals surface area contributed by atoms with Crippen LogP contribution in [0, 0.1) is 5.92 Å². The first-order valence-electron chi connectivity index (χ1n) is 13.4. The van der Waals surface area contributed by atoms with Crippen molar-refractivity contribution in [2.75, 3.05) is 24.7 Å². The predicted molar refractivity (Wildman–Crippen MR) is 138 cm³/mol. The third kappa shape index (κ3) is 4.78. The molecule has 0 aromatic carbocycles. The van der Waals surface area contributed by atoms with Crippen LogP contribution in [-0.2, 0) is 46.2 Å². The van der Waals surface area contributed by atoms with E-state index in [2.05, 4.69) is 14.3 Å². The quantitative estimate of drug-likeness (QED) is 0.230. The molecule has 20 heteroatoms. The molecule has 6 aliphatic rings. The summed E-state index contributed by atoms with van der Waals surface area (Å²) in [5, 5.41) is 0. The van der Waals surface area contributed by atoms with Gasteiger partial charge in [-0.1, -0.05) is 4.98 Å². The number of hydrogen-bond acceptors (Lipinski definition) is 14. The van der Waals surface area contributed by atoms with Crippen LogP contribution in [0.5, 0.6) is 0 Å². The Morgan fingerprint density at radius 3 is 2.29 bits per heavy atom. The fourth-order valence-electron chi connectivity index (χ4n) is 6.58. The van der Waals surface area contributed by atoms with E-state index in [1.165, 1.54) is 4.57 Å². The van der Waals surface area contributed by atoms with Crippen molar-refractivity contribution in [2.24, 2.45) is 5.92 Å². The van der Waals surface area contributed by atoms with E-state index in [4.69, 9.17) is 44.2 Å². The lowest BCUT2D eigenvalue weighted by atomic mass is 10.1. The number of ether oxygens (including phenoxy) is 5. The lowest BCUT2D eigenvalue weighted by Gasteiger charge is -2.25. The molecular formula is C22H33N6O12P2+. The third-order valence-corrected chi connectivity index (χ3v) is 10.7. The van der Waals surface area contributed by atoms with E-state index in [1.54, 1.807) is 38.6 Å². The molecule has 0 spiro atoms. The number of rotatable bonds is 0. The molecule has 18 nitrogen and oxygen atoms in total. The molecule has 1 saturated carbocycles. The summed E-state index contributed by atoms with van der Waals surface area (Å²) in [6, 6.07) is -0.442. The minimum Gasteiger partial charge on any atom is -0.369 e. The molecule has 4 fully saturated rings. The maximum Gasteiger partial charge on any atom is 0.481 e. The molecule has 2 aromatic rings. The summed E-state index contributed by atoms with van der Waals surface area (Å²) in [7, 11) is -10.2. The molecule has 42 heavy (non-hydrogen) atoms. The first-order valence-corrected chi connectivity index (χ1v) is 16.4. The second-order valence-corrected chi connectivity index (χ2v) is 15.0. The van der Waals surface area contributed by atoms with Crippen LogP contribution in [0.25, 0.3) is 11.2 Å². The maximum atomic E-state index is 12.7. The van der Waals surface area contributed by atoms with Gasteiger partial charge in [-0.25, -0.2) is 18.7 Å². The summed E-state index contributed by atoms with van der Waals surface area (Å²) >= 11 is 0. The Hall–Kier alpha value is -1.79. The van der Waals surface area contributed by atoms with Gasteiger partial charge in [0.15, 0.2) is 23.3 Å². The first kappa shape index (κ1) is 29.0. The van der Waals surface area contributed by atoms with Crippen molar-refractivity contribution in [1.29, 1.82) is 0 Å². The molecule has 2 unspecified atom stereocenters. The third-order valence-electron chi connectivity index (χ3n) is 8.09. The normalized spacial score (nSPS) is 44.3. The van der Waals surface area contributed by atoms with Crippen molar-refractivity contribution in [2.45, 2.75) is 88.5 Å². The van der Waals surface area contributed by atoms with Crippen molar-refractivity contribution < 1.29 is 60.5 Å². The van der Waals surface area contributed by atoms with Crippen molar-refractivity contribution in [3.05, 3.63) is 6.33 Å². The molecular weight excluding hydrogens is 602 g/mol. The highest BCUT2D eigenvalue weighted by molar-refractivity contribution is 7.61. The Morgan fingerprint density at radius 1 is 0.952 bits per heavy atom. The van der Waals surface area contributed by atoms with Crippen molar-refractivity contribution >= 4 is 38.6 Å². The number of imidazole rings is 1. The van der Waals surface area contributed by atoms with Gasteiger partial charge in [-0.05, 0) is 34.1 Å². The number of hydrogen-bond donors (Lipinski definition) is 4. The van der Waals surface area contributed by atoms with Gasteiger partial charge in [-0.2, -0.15) is 4.31 Å². The van der Waals surface area contributed by atoms with Gasteiger partial charge in [0.05, 0.1) is 19.3 Å². The van der Waals surface area contributed by atoms with E-state index >= 15 is 0 Å². The second kappa shape index (κ2) is 9.36. The fraction of sp³-hybridized carbons (Fsp3) is 0.773. The van der Waals surface area contributed by atoms with Crippen LogP contribution >= 0.6 is 15.6 Å². The van der Waals surface area contributed by atoms with Gasteiger partial charge in [0.1, 0.15) is 30.5 Å². The van der Waals surface area contributed by atoms with Crippen LogP contribution in [0.1, 0.15) is 46.4 Å². The van der Waals surface area contributed by atoms with Crippen molar-refractivity contribution in [3.63, 3.8) is 0 Å². The van der Waals surface area contributed by atoms with Gasteiger partial charge in [0, 0.05) is 5.92 Å². The van der Waals surface area contributed by atoms with Gasteiger partial charge in [-0.15, -0.1) is 0 Å². The molecule has 1 aliphatic carbocycles. The molecule has 8 rings (SSSR count). The molecule has 7 heterocycles. The predicted octanol–water partition coefficient (Wildman–Crippen LogP) is 0.646. The summed E-state index contributed by atoms with van der Waals surface area (Å²) in [4.78, 5) is 29.8. The molecule has 2 aromatic heterocycles. The lowest BCUT2D eigenvalue weighted by Crippen LogP contribution is -2.48. The van der Waals surface area contributed by atoms with Crippen LogP contribution in [-0.4, -0.2) is 79.6 Å². The molecule has 0 amide bonds. The standard InChI is InChI=1S/C22H32N6O12P2/c1-21(2)36-13-9-5-10(14(13)37-21)27-8-25-18-12(17(27)23)26-20(24)28(18)19-16-15(38-22(3,4)39-16)11(35-19)7-34-42(31,32)40-41(29,30)33-6-9/h8-11,13-16,19,23H,5-7H2,1-4H3,(H4,24,26,29,30,31,32)/p+1/t9-,10-,11-,13-,14+,15-,16-,19-/m1/s1. The number of anilines is 2. The minimum atomic E-state index is -5.12. The zero-order valence-corrected chi connectivity index (χ0v) is 24.9. The van der Waals surface area contributed by atoms with Gasteiger partial charge in [-0.3, -0.25) is 13.6 Å². The zero-order valence-electron chi connectivity index (χ0n) is 23.1. The molecule has 232 valence electrons. The second-order valence-electron chi connectivity index (χ2n) is 11.9. The molecule has 8 bridgehead atoms. The summed E-state index contributed by atoms with van der Waals surface area (Å²) in [6.07, 6.45) is -2.73. The van der Waals surface area contributed by atoms with Gasteiger partial charge < -0.3 is 44.9 Å². The Labute approximate surface area is 239 Å². The van der Waals surface area contributed by atoms with Gasteiger partial charge in [0.2, 0.25) is 17.9 Å². The number of fused-ring (bicyclic) bond motifs is 9. The first-order chi connectivity index (χ1) is 19.5. The number of nitrogen functional groups attached to an aromatic ring is 2. The van der Waals surface area contributed by atoms with E-state index in [1.807, 2.05) is 0 Å². The Morgan fingerprint density at radius 2 is 1.57 bits per heavy atom. The highest BCUT2D eigenvalue weighted by Crippen LogP contribution is 2.61. The molecule has 5 aliphatic heterocycles. The van der Waals surface area contributed by atoms with E-state index < -0.39 is 82.5 Å². The Balaban J connectivity index is 1.34. The SMILES string of the molecule is CC1(C)O[C@@H]2[C@H]3COP(=O)(O)OP(=O)(O)OC[C@H]4O[C@H]([C@@H]5OC(C)(C)O[C@@H]54)n4c(N)nc5c(N)[n+](cnc54)[C@H](C3)[C@@H]2O1. The lowest BCUT2D eigenvalue weighted by molar-refractivity contribution is -0.717. The largest absolute Gasteiger partial charge is 0.481 e. The summed E-state index contributed by atoms with van der Waals surface area (Å²) in [5.41, 5.74) is 13.7. The average Bonchev–Trinajstić information content (AvgIpc) is 3.61. The highest BCUT2D eigenvalue weighted by atomic mass is 31.3. The van der Waals surface area contributed by atoms with E-state index in [-0.39, 0.29) is 18.4 Å². The molecule has 3 saturated heterocycles. The van der Waals surface area contributed by atoms with Crippen LogP contribution in [0.3, 0.4) is 0 Å². The smallest absolute Gasteiger partial charge is 0.369 e. The van der Waals surface area contributed by atoms with Crippen LogP contribution < -0.4 is 16.0 Å². The number of nitrogens with zero attached hydrogens (tertiary/aromatic N) is 4. The average molecular weight is 635 g/mol. The van der Waals surface area contributed by atoms with Gasteiger partial charge >= 0.3 is 15.6 Å². The maximum absolute atomic E-state index is 12.7. The monoisotopic (exact) mass is 635 g/mol. The van der Waals surface area contributed by atoms with Crippen LogP contribution in [0.2, 0.25) is 0 Å². The van der Waals surface area contributed by atoms with Crippen LogP contribution in [0.4, 0.5) is 11.8 Å². The Bertz CT molecular complexity index is 1540. The zero-order chi connectivity index (χ0) is 30.0.